The maximum atomic E-state index is 11.5. The van der Waals surface area contributed by atoms with Crippen molar-refractivity contribution in [3.8, 4) is 0 Å². The van der Waals surface area contributed by atoms with E-state index >= 15 is 0 Å². The third-order valence-electron chi connectivity index (χ3n) is 4.94. The normalized spacial score (nSPS) is 27.8. The van der Waals surface area contributed by atoms with E-state index in [9.17, 15) is 5.11 Å². The summed E-state index contributed by atoms with van der Waals surface area (Å²) in [7, 11) is 0. The van der Waals surface area contributed by atoms with E-state index in [2.05, 4.69) is 47.4 Å². The number of rotatable bonds is 2. The molecule has 0 heterocycles. The van der Waals surface area contributed by atoms with Crippen LogP contribution in [0.3, 0.4) is 0 Å². The Morgan fingerprint density at radius 1 is 1.00 bits per heavy atom. The molecule has 1 fully saturated rings. The third kappa shape index (κ3) is 1.78. The summed E-state index contributed by atoms with van der Waals surface area (Å²) in [6.07, 6.45) is 3.54. The van der Waals surface area contributed by atoms with Gasteiger partial charge in [-0.25, -0.2) is 0 Å². The molecule has 0 aromatic heterocycles. The van der Waals surface area contributed by atoms with Crippen LogP contribution in [0.4, 0.5) is 0 Å². The van der Waals surface area contributed by atoms with Crippen molar-refractivity contribution in [2.24, 2.45) is 10.8 Å². The van der Waals surface area contributed by atoms with E-state index in [4.69, 9.17) is 0 Å². The number of hydrogen-bond donors (Lipinski definition) is 1. The second-order valence-corrected chi connectivity index (χ2v) is 10.0. The summed E-state index contributed by atoms with van der Waals surface area (Å²) in [6, 6.07) is 0. The molecule has 0 unspecified atom stereocenters. The second-order valence-electron chi connectivity index (χ2n) is 7.05. The summed E-state index contributed by atoms with van der Waals surface area (Å²) in [5, 5.41) is 11.5. The van der Waals surface area contributed by atoms with Gasteiger partial charge in [0.25, 0.3) is 0 Å². The van der Waals surface area contributed by atoms with Crippen molar-refractivity contribution in [1.82, 2.24) is 0 Å². The third-order valence-corrected chi connectivity index (χ3v) is 7.71. The molecule has 0 aromatic rings. The van der Waals surface area contributed by atoms with Gasteiger partial charge in [0.1, 0.15) is 0 Å². The Hall–Kier alpha value is 0.479. The summed E-state index contributed by atoms with van der Waals surface area (Å²) >= 11 is 0.452. The first kappa shape index (κ1) is 14.5. The Morgan fingerprint density at radius 2 is 1.38 bits per heavy atom. The van der Waals surface area contributed by atoms with Crippen LogP contribution in [0.25, 0.3) is 0 Å². The van der Waals surface area contributed by atoms with Gasteiger partial charge >= 0.3 is 107 Å². The Kier molecular flexibility index (Phi) is 3.64. The van der Waals surface area contributed by atoms with Crippen LogP contribution in [0.1, 0.15) is 60.8 Å². The van der Waals surface area contributed by atoms with Gasteiger partial charge in [0, 0.05) is 0 Å². The molecular weight excluding hydrogens is 263 g/mol. The zero-order valence-electron chi connectivity index (χ0n) is 12.0. The summed E-state index contributed by atoms with van der Waals surface area (Å²) in [4.78, 5) is 0. The van der Waals surface area contributed by atoms with Crippen molar-refractivity contribution in [2.45, 2.75) is 76.5 Å². The van der Waals surface area contributed by atoms with Crippen LogP contribution < -0.4 is 0 Å². The zero-order chi connectivity index (χ0) is 12.8. The van der Waals surface area contributed by atoms with E-state index in [1.54, 1.807) is 0 Å². The molecule has 1 rings (SSSR count). The van der Waals surface area contributed by atoms with E-state index in [0.29, 0.717) is 15.0 Å². The predicted molar refractivity (Wildman–Crippen MR) is 72.0 cm³/mol. The molecule has 0 spiro atoms. The van der Waals surface area contributed by atoms with Gasteiger partial charge in [-0.2, -0.15) is 0 Å². The van der Waals surface area contributed by atoms with Crippen molar-refractivity contribution in [3.63, 3.8) is 0 Å². The predicted octanol–water partition coefficient (Wildman–Crippen LogP) is 3.90. The molecule has 0 radical (unpaired) electrons. The van der Waals surface area contributed by atoms with E-state index in [0.717, 1.165) is 12.8 Å². The summed E-state index contributed by atoms with van der Waals surface area (Å²) in [5.41, 5.74) is -0.508. The topological polar surface area (TPSA) is 20.2 Å². The average Bonchev–Trinajstić information content (AvgIpc) is 2.13. The van der Waals surface area contributed by atoms with E-state index < -0.39 is 5.60 Å². The second kappa shape index (κ2) is 4.00. The molecule has 0 saturated heterocycles. The van der Waals surface area contributed by atoms with Gasteiger partial charge in [0.2, 0.25) is 0 Å². The molecule has 1 saturated carbocycles. The van der Waals surface area contributed by atoms with Crippen molar-refractivity contribution >= 4 is 15.0 Å². The first-order valence-electron chi connectivity index (χ1n) is 6.29. The van der Waals surface area contributed by atoms with Crippen molar-refractivity contribution < 1.29 is 5.11 Å². The first-order chi connectivity index (χ1) is 7.02. The molecule has 96 valence electrons. The quantitative estimate of drug-likeness (QED) is 0.765. The molecule has 0 atom stereocenters. The first-order valence-corrected chi connectivity index (χ1v) is 8.86. The Bertz CT molecular complexity index is 236. The summed E-state index contributed by atoms with van der Waals surface area (Å²) in [5.74, 6) is 2.26. The molecule has 16 heavy (non-hydrogen) atoms. The summed E-state index contributed by atoms with van der Waals surface area (Å²) < 4.78 is 0.0351. The van der Waals surface area contributed by atoms with E-state index in [-0.39, 0.29) is 15.1 Å². The monoisotopic (exact) mass is 292 g/mol. The van der Waals surface area contributed by atoms with Crippen molar-refractivity contribution in [3.05, 3.63) is 0 Å². The molecular formula is C14H28OSe. The van der Waals surface area contributed by atoms with Crippen LogP contribution in [0.15, 0.2) is 0 Å². The molecule has 2 heteroatoms. The molecule has 0 amide bonds. The van der Waals surface area contributed by atoms with Crippen LogP contribution >= 0.6 is 0 Å². The molecule has 0 aromatic carbocycles. The number of aliphatic hydroxyl groups is 1. The molecule has 0 bridgehead atoms. The van der Waals surface area contributed by atoms with Gasteiger partial charge in [0.15, 0.2) is 0 Å². The average molecular weight is 291 g/mol. The maximum absolute atomic E-state index is 11.5. The van der Waals surface area contributed by atoms with Crippen LogP contribution in [-0.2, 0) is 0 Å². The van der Waals surface area contributed by atoms with Gasteiger partial charge < -0.3 is 0 Å². The van der Waals surface area contributed by atoms with Crippen LogP contribution in [0, 0.1) is 10.8 Å². The van der Waals surface area contributed by atoms with Crippen LogP contribution in [-0.4, -0.2) is 25.7 Å². The van der Waals surface area contributed by atoms with E-state index in [1.807, 2.05) is 0 Å². The van der Waals surface area contributed by atoms with E-state index in [1.165, 1.54) is 6.42 Å². The molecule has 1 aliphatic rings. The molecule has 1 N–H and O–H groups in total. The van der Waals surface area contributed by atoms with Crippen LogP contribution in [0.5, 0.6) is 0 Å². The minimum absolute atomic E-state index is 0.0238. The van der Waals surface area contributed by atoms with Gasteiger partial charge in [-0.3, -0.25) is 0 Å². The van der Waals surface area contributed by atoms with Gasteiger partial charge in [-0.15, -0.1) is 0 Å². The Morgan fingerprint density at radius 3 is 1.69 bits per heavy atom. The fourth-order valence-corrected chi connectivity index (χ4v) is 5.81. The Balaban J connectivity index is 3.31. The van der Waals surface area contributed by atoms with Gasteiger partial charge in [0.05, 0.1) is 0 Å². The van der Waals surface area contributed by atoms with Crippen molar-refractivity contribution in [2.75, 3.05) is 0 Å². The van der Waals surface area contributed by atoms with Gasteiger partial charge in [-0.05, 0) is 0 Å². The number of hydrogen-bond acceptors (Lipinski definition) is 1. The molecule has 0 aliphatic heterocycles. The SMILES string of the molecule is C[Se]C(C)(C)C1(O)C(C)(C)CCCC1(C)C. The standard InChI is InChI=1S/C14H28OSe/c1-11(2)9-8-10-12(3,4)14(11,15)13(5,6)16-7/h15H,8-10H2,1-7H3. The fourth-order valence-electron chi connectivity index (χ4n) is 4.03. The molecule has 1 aliphatic carbocycles. The summed E-state index contributed by atoms with van der Waals surface area (Å²) in [6.45, 7) is 13.5. The van der Waals surface area contributed by atoms with Gasteiger partial charge in [-0.1, -0.05) is 0 Å². The van der Waals surface area contributed by atoms with Crippen molar-refractivity contribution in [1.29, 1.82) is 0 Å². The zero-order valence-corrected chi connectivity index (χ0v) is 13.7. The minimum atomic E-state index is -0.556. The fraction of sp³-hybridized carbons (Fsp3) is 1.00. The Labute approximate surface area is 108 Å². The molecule has 1 nitrogen and oxygen atoms in total. The van der Waals surface area contributed by atoms with Crippen LogP contribution in [0.2, 0.25) is 10.1 Å².